The van der Waals surface area contributed by atoms with Gasteiger partial charge < -0.3 is 9.88 Å². The molecule has 28 heavy (non-hydrogen) atoms. The summed E-state index contributed by atoms with van der Waals surface area (Å²) in [5.74, 6) is 1.55. The number of hydrogen-bond donors (Lipinski definition) is 1. The average molecular weight is 433 g/mol. The fourth-order valence-corrected chi connectivity index (χ4v) is 4.07. The molecule has 0 bridgehead atoms. The van der Waals surface area contributed by atoms with Crippen molar-refractivity contribution in [3.63, 3.8) is 0 Å². The van der Waals surface area contributed by atoms with E-state index < -0.39 is 0 Å². The molecule has 1 N–H and O–H groups in total. The van der Waals surface area contributed by atoms with E-state index in [0.29, 0.717) is 28.2 Å². The van der Waals surface area contributed by atoms with Crippen LogP contribution in [0.15, 0.2) is 53.7 Å². The van der Waals surface area contributed by atoms with Gasteiger partial charge in [0.1, 0.15) is 5.82 Å². The maximum atomic E-state index is 12.4. The summed E-state index contributed by atoms with van der Waals surface area (Å²) < 4.78 is 2.13. The van der Waals surface area contributed by atoms with Crippen LogP contribution in [0.4, 0.5) is 5.69 Å². The normalized spacial score (nSPS) is 13.5. The zero-order valence-corrected chi connectivity index (χ0v) is 17.3. The molecule has 1 aliphatic rings. The minimum atomic E-state index is -0.156. The molecule has 1 aromatic heterocycles. The number of thioether (sulfide) groups is 1. The first-order valence-electron chi connectivity index (χ1n) is 8.95. The predicted octanol–water partition coefficient (Wildman–Crippen LogP) is 5.24. The Morgan fingerprint density at radius 2 is 1.93 bits per heavy atom. The summed E-state index contributed by atoms with van der Waals surface area (Å²) in [4.78, 5) is 12.4. The molecule has 5 nitrogen and oxygen atoms in total. The molecule has 1 aliphatic carbocycles. The molecule has 0 spiro atoms. The number of carbonyl (C=O) groups is 1. The van der Waals surface area contributed by atoms with Gasteiger partial charge >= 0.3 is 0 Å². The van der Waals surface area contributed by atoms with Crippen LogP contribution in [0.3, 0.4) is 0 Å². The van der Waals surface area contributed by atoms with Gasteiger partial charge in [0.2, 0.25) is 5.91 Å². The number of halogens is 2. The Kier molecular flexibility index (Phi) is 5.90. The van der Waals surface area contributed by atoms with Gasteiger partial charge in [-0.05, 0) is 36.6 Å². The third-order valence-electron chi connectivity index (χ3n) is 4.41. The highest BCUT2D eigenvalue weighted by Crippen LogP contribution is 2.40. The van der Waals surface area contributed by atoms with Crippen molar-refractivity contribution in [1.82, 2.24) is 14.8 Å². The summed E-state index contributed by atoms with van der Waals surface area (Å²) in [5.41, 5.74) is 1.73. The van der Waals surface area contributed by atoms with Crippen LogP contribution in [0.5, 0.6) is 0 Å². The van der Waals surface area contributed by atoms with E-state index in [-0.39, 0.29) is 11.7 Å². The Morgan fingerprint density at radius 1 is 1.14 bits per heavy atom. The number of benzene rings is 2. The molecule has 1 heterocycles. The number of anilines is 1. The third kappa shape index (κ3) is 4.69. The van der Waals surface area contributed by atoms with E-state index in [2.05, 4.69) is 32.2 Å². The molecule has 144 valence electrons. The molecular formula is C20H18Cl2N4OS. The van der Waals surface area contributed by atoms with Gasteiger partial charge in [-0.25, -0.2) is 0 Å². The van der Waals surface area contributed by atoms with E-state index in [1.165, 1.54) is 17.3 Å². The third-order valence-corrected chi connectivity index (χ3v) is 5.92. The Labute approximate surface area is 177 Å². The number of nitrogens with one attached hydrogen (secondary N) is 1. The maximum absolute atomic E-state index is 12.4. The number of rotatable bonds is 7. The number of aromatic nitrogens is 3. The van der Waals surface area contributed by atoms with Crippen molar-refractivity contribution < 1.29 is 4.79 Å². The highest BCUT2D eigenvalue weighted by molar-refractivity contribution is 7.99. The van der Waals surface area contributed by atoms with Gasteiger partial charge in [0, 0.05) is 10.9 Å². The van der Waals surface area contributed by atoms with E-state index in [1.54, 1.807) is 18.2 Å². The molecule has 8 heteroatoms. The second-order valence-electron chi connectivity index (χ2n) is 6.65. The van der Waals surface area contributed by atoms with Crippen LogP contribution in [0.1, 0.15) is 30.1 Å². The van der Waals surface area contributed by atoms with Crippen molar-refractivity contribution in [3.05, 3.63) is 70.0 Å². The van der Waals surface area contributed by atoms with Gasteiger partial charge in [-0.1, -0.05) is 65.3 Å². The highest BCUT2D eigenvalue weighted by Gasteiger charge is 2.30. The molecule has 0 saturated heterocycles. The van der Waals surface area contributed by atoms with Crippen molar-refractivity contribution in [1.29, 1.82) is 0 Å². The molecule has 2 aromatic carbocycles. The first-order valence-corrected chi connectivity index (χ1v) is 10.7. The van der Waals surface area contributed by atoms with Crippen LogP contribution in [-0.4, -0.2) is 26.4 Å². The smallest absolute Gasteiger partial charge is 0.234 e. The second-order valence-corrected chi connectivity index (χ2v) is 8.43. The summed E-state index contributed by atoms with van der Waals surface area (Å²) >= 11 is 13.4. The summed E-state index contributed by atoms with van der Waals surface area (Å²) in [6.07, 6.45) is 2.29. The lowest BCUT2D eigenvalue weighted by atomic mass is 10.2. The van der Waals surface area contributed by atoms with E-state index in [4.69, 9.17) is 23.2 Å². The largest absolute Gasteiger partial charge is 0.324 e. The minimum Gasteiger partial charge on any atom is -0.324 e. The molecular weight excluding hydrogens is 415 g/mol. The van der Waals surface area contributed by atoms with Crippen molar-refractivity contribution >= 4 is 46.6 Å². The topological polar surface area (TPSA) is 59.8 Å². The molecule has 1 saturated carbocycles. The maximum Gasteiger partial charge on any atom is 0.234 e. The zero-order chi connectivity index (χ0) is 19.5. The van der Waals surface area contributed by atoms with Crippen LogP contribution < -0.4 is 5.32 Å². The van der Waals surface area contributed by atoms with Gasteiger partial charge in [-0.3, -0.25) is 4.79 Å². The van der Waals surface area contributed by atoms with E-state index in [1.807, 2.05) is 18.2 Å². The SMILES string of the molecule is O=C(CSc1nnc(C2CC2)n1Cc1ccccc1)Nc1ccc(Cl)cc1Cl. The lowest BCUT2D eigenvalue weighted by Gasteiger charge is -2.10. The Hall–Kier alpha value is -2.02. The van der Waals surface area contributed by atoms with Crippen LogP contribution >= 0.6 is 35.0 Å². The van der Waals surface area contributed by atoms with Gasteiger partial charge in [-0.15, -0.1) is 10.2 Å². The van der Waals surface area contributed by atoms with Gasteiger partial charge in [-0.2, -0.15) is 0 Å². The quantitative estimate of drug-likeness (QED) is 0.518. The van der Waals surface area contributed by atoms with Crippen LogP contribution in [0, 0.1) is 0 Å². The van der Waals surface area contributed by atoms with Crippen LogP contribution in [0.2, 0.25) is 10.0 Å². The second kappa shape index (κ2) is 8.55. The fraction of sp³-hybridized carbons (Fsp3) is 0.250. The Morgan fingerprint density at radius 3 is 2.64 bits per heavy atom. The van der Waals surface area contributed by atoms with E-state index >= 15 is 0 Å². The van der Waals surface area contributed by atoms with Crippen molar-refractivity contribution in [3.8, 4) is 0 Å². The van der Waals surface area contributed by atoms with E-state index in [9.17, 15) is 4.79 Å². The molecule has 0 aliphatic heterocycles. The van der Waals surface area contributed by atoms with Crippen molar-refractivity contribution in [2.24, 2.45) is 0 Å². The van der Waals surface area contributed by atoms with Gasteiger partial charge in [0.25, 0.3) is 0 Å². The summed E-state index contributed by atoms with van der Waals surface area (Å²) in [5, 5.41) is 13.2. The Balaban J connectivity index is 1.45. The minimum absolute atomic E-state index is 0.156. The molecule has 1 fully saturated rings. The summed E-state index contributed by atoms with van der Waals surface area (Å²) in [6, 6.07) is 15.2. The van der Waals surface area contributed by atoms with Crippen molar-refractivity contribution in [2.75, 3.05) is 11.1 Å². The van der Waals surface area contributed by atoms with Gasteiger partial charge in [0.15, 0.2) is 5.16 Å². The monoisotopic (exact) mass is 432 g/mol. The lowest BCUT2D eigenvalue weighted by molar-refractivity contribution is -0.113. The standard InChI is InChI=1S/C20H18Cl2N4OS/c21-15-8-9-17(16(22)10-15)23-18(27)12-28-20-25-24-19(14-6-7-14)26(20)11-13-4-2-1-3-5-13/h1-5,8-10,14H,6-7,11-12H2,(H,23,27). The van der Waals surface area contributed by atoms with Gasteiger partial charge in [0.05, 0.1) is 23.0 Å². The fourth-order valence-electron chi connectivity index (χ4n) is 2.87. The summed E-state index contributed by atoms with van der Waals surface area (Å²) in [6.45, 7) is 0.701. The predicted molar refractivity (Wildman–Crippen MR) is 113 cm³/mol. The molecule has 3 aromatic rings. The lowest BCUT2D eigenvalue weighted by Crippen LogP contribution is -2.15. The van der Waals surface area contributed by atoms with Crippen molar-refractivity contribution in [2.45, 2.75) is 30.5 Å². The van der Waals surface area contributed by atoms with E-state index in [0.717, 1.165) is 23.8 Å². The first-order chi connectivity index (χ1) is 13.6. The molecule has 4 rings (SSSR count). The number of carbonyl (C=O) groups excluding carboxylic acids is 1. The molecule has 0 unspecified atom stereocenters. The summed E-state index contributed by atoms with van der Waals surface area (Å²) in [7, 11) is 0. The average Bonchev–Trinajstić information content (AvgIpc) is 3.45. The first kappa shape index (κ1) is 19.3. The number of hydrogen-bond acceptors (Lipinski definition) is 4. The highest BCUT2D eigenvalue weighted by atomic mass is 35.5. The molecule has 0 atom stereocenters. The zero-order valence-electron chi connectivity index (χ0n) is 14.9. The van der Waals surface area contributed by atoms with Crippen LogP contribution in [0.25, 0.3) is 0 Å². The molecule has 1 amide bonds. The molecule has 0 radical (unpaired) electrons. The number of nitrogens with zero attached hydrogens (tertiary/aromatic N) is 3. The Bertz CT molecular complexity index is 989. The number of amides is 1. The van der Waals surface area contributed by atoms with Crippen LogP contribution in [-0.2, 0) is 11.3 Å².